The SMILES string of the molecule is O=C(Nc1cccc2c1C(=O)N(CC(O)CN1CCN(c3cccc(C(F)(F)F)c3)CC1)C2=O)c1ccc(Cl)s1. The molecule has 3 amide bonds. The largest absolute Gasteiger partial charge is 0.416 e. The molecule has 1 saturated heterocycles. The highest BCUT2D eigenvalue weighted by Gasteiger charge is 2.39. The number of hydrogen-bond acceptors (Lipinski definition) is 7. The van der Waals surface area contributed by atoms with Crippen LogP contribution in [0.1, 0.15) is 36.0 Å². The molecule has 0 saturated carbocycles. The van der Waals surface area contributed by atoms with Gasteiger partial charge in [0.25, 0.3) is 17.7 Å². The number of halogens is 4. The number of fused-ring (bicyclic) bond motifs is 1. The molecule has 40 heavy (non-hydrogen) atoms. The lowest BCUT2D eigenvalue weighted by molar-refractivity contribution is -0.137. The second-order valence-electron chi connectivity index (χ2n) is 9.50. The van der Waals surface area contributed by atoms with Crippen LogP contribution in [0.25, 0.3) is 0 Å². The molecule has 2 aromatic carbocycles. The van der Waals surface area contributed by atoms with Crippen molar-refractivity contribution >= 4 is 52.0 Å². The van der Waals surface area contributed by atoms with Gasteiger partial charge in [-0.25, -0.2) is 0 Å². The molecule has 0 aliphatic carbocycles. The third kappa shape index (κ3) is 5.85. The molecule has 5 rings (SSSR count). The molecule has 2 N–H and O–H groups in total. The Balaban J connectivity index is 1.18. The van der Waals surface area contributed by atoms with Crippen LogP contribution in [0.3, 0.4) is 0 Å². The highest BCUT2D eigenvalue weighted by atomic mass is 35.5. The number of carbonyl (C=O) groups excluding carboxylic acids is 3. The Bertz CT molecular complexity index is 1460. The quantitative estimate of drug-likeness (QED) is 0.394. The molecule has 0 radical (unpaired) electrons. The Hall–Kier alpha value is -3.45. The van der Waals surface area contributed by atoms with E-state index in [0.29, 0.717) is 41.1 Å². The molecule has 13 heteroatoms. The van der Waals surface area contributed by atoms with E-state index >= 15 is 0 Å². The summed E-state index contributed by atoms with van der Waals surface area (Å²) >= 11 is 6.98. The number of carbonyl (C=O) groups is 3. The molecular weight excluding hydrogens is 569 g/mol. The van der Waals surface area contributed by atoms with Crippen molar-refractivity contribution in [3.05, 3.63) is 80.5 Å². The van der Waals surface area contributed by atoms with Crippen molar-refractivity contribution in [2.45, 2.75) is 12.3 Å². The second-order valence-corrected chi connectivity index (χ2v) is 11.2. The van der Waals surface area contributed by atoms with Crippen LogP contribution in [0.5, 0.6) is 0 Å². The van der Waals surface area contributed by atoms with Gasteiger partial charge in [0.05, 0.1) is 44.2 Å². The molecule has 3 heterocycles. The van der Waals surface area contributed by atoms with Crippen LogP contribution in [0.4, 0.5) is 24.5 Å². The van der Waals surface area contributed by atoms with Crippen molar-refractivity contribution in [2.24, 2.45) is 0 Å². The van der Waals surface area contributed by atoms with Crippen LogP contribution in [-0.4, -0.2) is 78.0 Å². The molecule has 0 bridgehead atoms. The van der Waals surface area contributed by atoms with Crippen LogP contribution < -0.4 is 10.2 Å². The number of β-amino-alcohol motifs (C(OH)–C–C–N with tert-alkyl or cyclic N) is 1. The Labute approximate surface area is 236 Å². The van der Waals surface area contributed by atoms with E-state index in [1.165, 1.54) is 18.2 Å². The molecule has 210 valence electrons. The van der Waals surface area contributed by atoms with Gasteiger partial charge in [0.2, 0.25) is 0 Å². The zero-order valence-electron chi connectivity index (χ0n) is 20.9. The monoisotopic (exact) mass is 592 g/mol. The number of amides is 3. The molecule has 2 aliphatic rings. The summed E-state index contributed by atoms with van der Waals surface area (Å²) in [4.78, 5) is 43.9. The van der Waals surface area contributed by atoms with Crippen molar-refractivity contribution in [1.29, 1.82) is 0 Å². The molecular formula is C27H24ClF3N4O4S. The zero-order chi connectivity index (χ0) is 28.6. The summed E-state index contributed by atoms with van der Waals surface area (Å²) in [5.74, 6) is -1.65. The van der Waals surface area contributed by atoms with E-state index < -0.39 is 35.6 Å². The zero-order valence-corrected chi connectivity index (χ0v) is 22.5. The molecule has 0 spiro atoms. The number of imide groups is 1. The van der Waals surface area contributed by atoms with Gasteiger partial charge in [-0.3, -0.25) is 24.2 Å². The van der Waals surface area contributed by atoms with Crippen molar-refractivity contribution < 1.29 is 32.7 Å². The van der Waals surface area contributed by atoms with E-state index in [1.807, 2.05) is 9.80 Å². The van der Waals surface area contributed by atoms with Gasteiger partial charge in [-0.2, -0.15) is 13.2 Å². The lowest BCUT2D eigenvalue weighted by atomic mass is 10.1. The Morgan fingerprint density at radius 2 is 1.73 bits per heavy atom. The minimum absolute atomic E-state index is 0.0606. The molecule has 1 fully saturated rings. The Morgan fingerprint density at radius 3 is 2.40 bits per heavy atom. The number of anilines is 2. The number of aliphatic hydroxyl groups is 1. The van der Waals surface area contributed by atoms with Crippen molar-refractivity contribution in [3.8, 4) is 0 Å². The number of thiophene rings is 1. The second kappa shape index (κ2) is 11.2. The molecule has 2 aliphatic heterocycles. The lowest BCUT2D eigenvalue weighted by Crippen LogP contribution is -2.50. The number of nitrogens with zero attached hydrogens (tertiary/aromatic N) is 3. The highest BCUT2D eigenvalue weighted by Crippen LogP contribution is 2.33. The number of alkyl halides is 3. The van der Waals surface area contributed by atoms with Gasteiger partial charge in [-0.15, -0.1) is 11.3 Å². The third-order valence-corrected chi connectivity index (χ3v) is 8.05. The summed E-state index contributed by atoms with van der Waals surface area (Å²) in [6.07, 6.45) is -5.47. The van der Waals surface area contributed by atoms with Gasteiger partial charge >= 0.3 is 6.18 Å². The summed E-state index contributed by atoms with van der Waals surface area (Å²) < 4.78 is 39.6. The van der Waals surface area contributed by atoms with Crippen LogP contribution in [-0.2, 0) is 6.18 Å². The number of aliphatic hydroxyl groups excluding tert-OH is 1. The van der Waals surface area contributed by atoms with Crippen molar-refractivity contribution in [1.82, 2.24) is 9.80 Å². The van der Waals surface area contributed by atoms with E-state index in [-0.39, 0.29) is 29.9 Å². The van der Waals surface area contributed by atoms with Crippen LogP contribution in [0.15, 0.2) is 54.6 Å². The molecule has 1 unspecified atom stereocenters. The fourth-order valence-corrected chi connectivity index (χ4v) is 5.80. The Morgan fingerprint density at radius 1 is 1.00 bits per heavy atom. The van der Waals surface area contributed by atoms with E-state index in [1.54, 1.807) is 24.3 Å². The first-order valence-electron chi connectivity index (χ1n) is 12.4. The van der Waals surface area contributed by atoms with Gasteiger partial charge in [-0.1, -0.05) is 23.7 Å². The number of hydrogen-bond donors (Lipinski definition) is 2. The minimum Gasteiger partial charge on any atom is -0.390 e. The number of piperazine rings is 1. The average molecular weight is 593 g/mol. The summed E-state index contributed by atoms with van der Waals surface area (Å²) in [6, 6.07) is 12.9. The van der Waals surface area contributed by atoms with Crippen molar-refractivity contribution in [3.63, 3.8) is 0 Å². The van der Waals surface area contributed by atoms with Gasteiger partial charge in [-0.05, 0) is 42.5 Å². The fourth-order valence-electron chi connectivity index (χ4n) is 4.86. The summed E-state index contributed by atoms with van der Waals surface area (Å²) in [5.41, 5.74) is 0.154. The maximum Gasteiger partial charge on any atom is 0.416 e. The molecule has 1 atom stereocenters. The summed E-state index contributed by atoms with van der Waals surface area (Å²) in [7, 11) is 0. The van der Waals surface area contributed by atoms with Gasteiger partial charge in [0.1, 0.15) is 0 Å². The van der Waals surface area contributed by atoms with Gasteiger partial charge in [0, 0.05) is 38.4 Å². The first-order valence-corrected chi connectivity index (χ1v) is 13.6. The maximum atomic E-state index is 13.2. The minimum atomic E-state index is -4.42. The molecule has 1 aromatic heterocycles. The van der Waals surface area contributed by atoms with E-state index in [2.05, 4.69) is 5.32 Å². The third-order valence-electron chi connectivity index (χ3n) is 6.82. The Kier molecular flexibility index (Phi) is 7.87. The standard InChI is InChI=1S/C27H24ClF3N4O4S/c28-22-8-7-21(40-22)24(37)32-20-6-2-5-19-23(20)26(39)35(25(19)38)15-18(36)14-33-9-11-34(12-10-33)17-4-1-3-16(13-17)27(29,30)31/h1-8,13,18,36H,9-12,14-15H2,(H,32,37). The average Bonchev–Trinajstić information content (AvgIpc) is 3.46. The lowest BCUT2D eigenvalue weighted by Gasteiger charge is -2.37. The highest BCUT2D eigenvalue weighted by molar-refractivity contribution is 7.18. The van der Waals surface area contributed by atoms with E-state index in [0.717, 1.165) is 28.4 Å². The molecule has 3 aromatic rings. The fraction of sp³-hybridized carbons (Fsp3) is 0.296. The first kappa shape index (κ1) is 28.1. The smallest absolute Gasteiger partial charge is 0.390 e. The molecule has 8 nitrogen and oxygen atoms in total. The van der Waals surface area contributed by atoms with Gasteiger partial charge in [0.15, 0.2) is 0 Å². The first-order chi connectivity index (χ1) is 19.0. The van der Waals surface area contributed by atoms with E-state index in [9.17, 15) is 32.7 Å². The number of rotatable bonds is 7. The predicted octanol–water partition coefficient (Wildman–Crippen LogP) is 4.45. The number of benzene rings is 2. The van der Waals surface area contributed by atoms with Crippen LogP contribution >= 0.6 is 22.9 Å². The topological polar surface area (TPSA) is 93.2 Å². The maximum absolute atomic E-state index is 13.2. The summed E-state index contributed by atoms with van der Waals surface area (Å²) in [5, 5.41) is 13.4. The normalized spacial score (nSPS) is 16.8. The van der Waals surface area contributed by atoms with Crippen LogP contribution in [0, 0.1) is 0 Å². The number of nitrogens with one attached hydrogen (secondary N) is 1. The van der Waals surface area contributed by atoms with Crippen molar-refractivity contribution in [2.75, 3.05) is 49.5 Å². The predicted molar refractivity (Wildman–Crippen MR) is 145 cm³/mol. The van der Waals surface area contributed by atoms with Gasteiger partial charge < -0.3 is 15.3 Å². The summed E-state index contributed by atoms with van der Waals surface area (Å²) in [6.45, 7) is 1.82. The van der Waals surface area contributed by atoms with Crippen LogP contribution in [0.2, 0.25) is 4.34 Å². The van der Waals surface area contributed by atoms with E-state index in [4.69, 9.17) is 11.6 Å².